The van der Waals surface area contributed by atoms with Crippen molar-refractivity contribution in [3.8, 4) is 11.5 Å². The minimum atomic E-state index is -1.06. The summed E-state index contributed by atoms with van der Waals surface area (Å²) in [6.45, 7) is 1.42. The van der Waals surface area contributed by atoms with Crippen LogP contribution < -0.4 is 14.8 Å². The number of anilines is 1. The van der Waals surface area contributed by atoms with Crippen LogP contribution in [0.5, 0.6) is 11.5 Å². The second-order valence-electron chi connectivity index (χ2n) is 4.96. The van der Waals surface area contributed by atoms with E-state index < -0.39 is 22.8 Å². The monoisotopic (exact) mass is 368 g/mol. The summed E-state index contributed by atoms with van der Waals surface area (Å²) in [7, 11) is 1.38. The molecule has 0 saturated heterocycles. The Bertz CT molecular complexity index is 815. The van der Waals surface area contributed by atoms with Crippen LogP contribution in [0.15, 0.2) is 36.4 Å². The van der Waals surface area contributed by atoms with E-state index in [1.807, 2.05) is 0 Å². The molecular weight excluding hydrogens is 355 g/mol. The van der Waals surface area contributed by atoms with Gasteiger partial charge < -0.3 is 14.8 Å². The van der Waals surface area contributed by atoms with Crippen molar-refractivity contribution in [2.75, 3.05) is 12.4 Å². The molecule has 0 fully saturated rings. The Morgan fingerprint density at radius 3 is 2.64 bits per heavy atom. The van der Waals surface area contributed by atoms with E-state index >= 15 is 0 Å². The van der Waals surface area contributed by atoms with Gasteiger partial charge in [0, 0.05) is 0 Å². The number of nitro groups is 1. The number of ether oxygens (including phenoxy) is 2. The quantitative estimate of drug-likeness (QED) is 0.618. The van der Waals surface area contributed by atoms with Gasteiger partial charge in [-0.25, -0.2) is 4.39 Å². The molecule has 2 aromatic rings. The van der Waals surface area contributed by atoms with Crippen LogP contribution in [0.4, 0.5) is 15.8 Å². The molecule has 1 atom stereocenters. The Kier molecular flexibility index (Phi) is 5.76. The molecule has 0 spiro atoms. The molecule has 0 unspecified atom stereocenters. The number of hydrogen-bond acceptors (Lipinski definition) is 5. The zero-order valence-corrected chi connectivity index (χ0v) is 14.0. The normalized spacial score (nSPS) is 11.5. The number of nitrogens with one attached hydrogen (secondary N) is 1. The molecule has 9 heteroatoms. The predicted octanol–water partition coefficient (Wildman–Crippen LogP) is 3.80. The van der Waals surface area contributed by atoms with Gasteiger partial charge in [0.25, 0.3) is 5.91 Å². The van der Waals surface area contributed by atoms with Crippen molar-refractivity contribution in [1.29, 1.82) is 0 Å². The van der Waals surface area contributed by atoms with Crippen LogP contribution in [0, 0.1) is 15.9 Å². The fraction of sp³-hybridized carbons (Fsp3) is 0.188. The smallest absolute Gasteiger partial charge is 0.314 e. The standard InChI is InChI=1S/C16H14ClFN2O5/c1-9(16(21)19-13-5-3-10(18)7-12(13)17)25-15-6-4-11(24-2)8-14(15)20(22)23/h3-9H,1-2H3,(H,19,21)/t9-/m0/s1. The van der Waals surface area contributed by atoms with E-state index in [9.17, 15) is 19.3 Å². The van der Waals surface area contributed by atoms with Gasteiger partial charge in [-0.15, -0.1) is 0 Å². The predicted molar refractivity (Wildman–Crippen MR) is 89.8 cm³/mol. The Morgan fingerprint density at radius 2 is 2.04 bits per heavy atom. The average molecular weight is 369 g/mol. The zero-order chi connectivity index (χ0) is 18.6. The average Bonchev–Trinajstić information content (AvgIpc) is 2.57. The van der Waals surface area contributed by atoms with E-state index in [0.717, 1.165) is 12.1 Å². The lowest BCUT2D eigenvalue weighted by atomic mass is 10.2. The molecule has 1 amide bonds. The van der Waals surface area contributed by atoms with Gasteiger partial charge in [0.15, 0.2) is 11.9 Å². The van der Waals surface area contributed by atoms with Crippen molar-refractivity contribution in [2.45, 2.75) is 13.0 Å². The fourth-order valence-corrected chi connectivity index (χ4v) is 2.15. The van der Waals surface area contributed by atoms with Crippen molar-refractivity contribution in [3.05, 3.63) is 57.4 Å². The second kappa shape index (κ2) is 7.80. The molecule has 132 valence electrons. The van der Waals surface area contributed by atoms with Crippen molar-refractivity contribution in [2.24, 2.45) is 0 Å². The summed E-state index contributed by atoms with van der Waals surface area (Å²) in [6, 6.07) is 7.50. The van der Waals surface area contributed by atoms with Crippen LogP contribution in [0.2, 0.25) is 5.02 Å². The third kappa shape index (κ3) is 4.57. The number of carbonyl (C=O) groups excluding carboxylic acids is 1. The number of nitrogens with zero attached hydrogens (tertiary/aromatic N) is 1. The molecule has 0 aromatic heterocycles. The van der Waals surface area contributed by atoms with Crippen molar-refractivity contribution in [1.82, 2.24) is 0 Å². The van der Waals surface area contributed by atoms with Crippen molar-refractivity contribution < 1.29 is 23.6 Å². The van der Waals surface area contributed by atoms with E-state index in [1.165, 1.54) is 38.3 Å². The highest BCUT2D eigenvalue weighted by atomic mass is 35.5. The molecule has 0 aliphatic rings. The lowest BCUT2D eigenvalue weighted by Crippen LogP contribution is -2.30. The van der Waals surface area contributed by atoms with Gasteiger partial charge in [0.05, 0.1) is 28.8 Å². The van der Waals surface area contributed by atoms with Crippen molar-refractivity contribution >= 4 is 28.9 Å². The summed E-state index contributed by atoms with van der Waals surface area (Å²) in [5.41, 5.74) is -0.133. The highest BCUT2D eigenvalue weighted by Gasteiger charge is 2.22. The molecular formula is C16H14ClFN2O5. The summed E-state index contributed by atoms with van der Waals surface area (Å²) in [5.74, 6) is -0.937. The number of nitro benzene ring substituents is 1. The van der Waals surface area contributed by atoms with E-state index in [2.05, 4.69) is 5.32 Å². The van der Waals surface area contributed by atoms with Gasteiger partial charge in [-0.3, -0.25) is 14.9 Å². The van der Waals surface area contributed by atoms with Crippen LogP contribution in [0.25, 0.3) is 0 Å². The molecule has 2 rings (SSSR count). The van der Waals surface area contributed by atoms with Gasteiger partial charge in [-0.1, -0.05) is 11.6 Å². The molecule has 0 bridgehead atoms. The Balaban J connectivity index is 2.14. The fourth-order valence-electron chi connectivity index (χ4n) is 1.94. The number of amides is 1. The Labute approximate surface area is 147 Å². The lowest BCUT2D eigenvalue weighted by molar-refractivity contribution is -0.386. The maximum Gasteiger partial charge on any atom is 0.314 e. The Hall–Kier alpha value is -2.87. The molecule has 0 aliphatic carbocycles. The van der Waals surface area contributed by atoms with E-state index in [1.54, 1.807) is 0 Å². The first kappa shape index (κ1) is 18.5. The molecule has 0 radical (unpaired) electrons. The van der Waals surface area contributed by atoms with Gasteiger partial charge in [0.2, 0.25) is 0 Å². The third-order valence-electron chi connectivity index (χ3n) is 3.22. The maximum absolute atomic E-state index is 13.0. The minimum absolute atomic E-state index is 0.0241. The number of methoxy groups -OCH3 is 1. The van der Waals surface area contributed by atoms with E-state index in [-0.39, 0.29) is 27.9 Å². The largest absolute Gasteiger partial charge is 0.496 e. The van der Waals surface area contributed by atoms with Gasteiger partial charge >= 0.3 is 5.69 Å². The molecule has 7 nitrogen and oxygen atoms in total. The maximum atomic E-state index is 13.0. The van der Waals surface area contributed by atoms with Crippen LogP contribution >= 0.6 is 11.6 Å². The molecule has 2 aromatic carbocycles. The summed E-state index contributed by atoms with van der Waals surface area (Å²) >= 11 is 5.84. The third-order valence-corrected chi connectivity index (χ3v) is 3.54. The first-order valence-electron chi connectivity index (χ1n) is 7.07. The van der Waals surface area contributed by atoms with E-state index in [0.29, 0.717) is 0 Å². The zero-order valence-electron chi connectivity index (χ0n) is 13.3. The highest BCUT2D eigenvalue weighted by molar-refractivity contribution is 6.33. The first-order valence-corrected chi connectivity index (χ1v) is 7.44. The summed E-state index contributed by atoms with van der Waals surface area (Å²) in [5, 5.41) is 13.6. The Morgan fingerprint density at radius 1 is 1.32 bits per heavy atom. The van der Waals surface area contributed by atoms with Crippen LogP contribution in [-0.4, -0.2) is 24.0 Å². The van der Waals surface area contributed by atoms with Crippen LogP contribution in [0.3, 0.4) is 0 Å². The SMILES string of the molecule is COc1ccc(O[C@@H](C)C(=O)Nc2ccc(F)cc2Cl)c([N+](=O)[O-])c1. The number of rotatable bonds is 6. The summed E-state index contributed by atoms with van der Waals surface area (Å²) < 4.78 is 23.3. The molecule has 0 saturated carbocycles. The number of carbonyl (C=O) groups is 1. The topological polar surface area (TPSA) is 90.7 Å². The first-order chi connectivity index (χ1) is 11.8. The molecule has 0 heterocycles. The van der Waals surface area contributed by atoms with E-state index in [4.69, 9.17) is 21.1 Å². The second-order valence-corrected chi connectivity index (χ2v) is 5.37. The van der Waals surface area contributed by atoms with Crippen molar-refractivity contribution in [3.63, 3.8) is 0 Å². The summed E-state index contributed by atoms with van der Waals surface area (Å²) in [4.78, 5) is 22.7. The van der Waals surface area contributed by atoms with Crippen LogP contribution in [0.1, 0.15) is 6.92 Å². The van der Waals surface area contributed by atoms with Gasteiger partial charge in [-0.05, 0) is 37.3 Å². The lowest BCUT2D eigenvalue weighted by Gasteiger charge is -2.15. The number of hydrogen-bond donors (Lipinski definition) is 1. The highest BCUT2D eigenvalue weighted by Crippen LogP contribution is 2.32. The minimum Gasteiger partial charge on any atom is -0.496 e. The van der Waals surface area contributed by atoms with Gasteiger partial charge in [0.1, 0.15) is 11.6 Å². The summed E-state index contributed by atoms with van der Waals surface area (Å²) in [6.07, 6.45) is -1.06. The van der Waals surface area contributed by atoms with Crippen LogP contribution in [-0.2, 0) is 4.79 Å². The number of benzene rings is 2. The molecule has 0 aliphatic heterocycles. The van der Waals surface area contributed by atoms with Gasteiger partial charge in [-0.2, -0.15) is 0 Å². The molecule has 25 heavy (non-hydrogen) atoms. The number of halogens is 2. The molecule has 1 N–H and O–H groups in total.